The lowest BCUT2D eigenvalue weighted by molar-refractivity contribution is -0.192. The van der Waals surface area contributed by atoms with Crippen LogP contribution in [0, 0.1) is 6.92 Å². The van der Waals surface area contributed by atoms with Crippen LogP contribution in [0.15, 0.2) is 41.3 Å². The van der Waals surface area contributed by atoms with Gasteiger partial charge in [-0.25, -0.2) is 14.3 Å². The molecule has 4 heterocycles. The summed E-state index contributed by atoms with van der Waals surface area (Å²) in [6, 6.07) is 8.76. The number of aromatic nitrogens is 5. The van der Waals surface area contributed by atoms with Gasteiger partial charge in [0.1, 0.15) is 6.33 Å². The van der Waals surface area contributed by atoms with Gasteiger partial charge in [0, 0.05) is 43.2 Å². The molecule has 0 bridgehead atoms. The maximum absolute atomic E-state index is 12.6. The van der Waals surface area contributed by atoms with E-state index >= 15 is 0 Å². The first-order valence-corrected chi connectivity index (χ1v) is 13.9. The van der Waals surface area contributed by atoms with Crippen molar-refractivity contribution in [3.8, 4) is 11.3 Å². The highest BCUT2D eigenvalue weighted by Gasteiger charge is 2.38. The van der Waals surface area contributed by atoms with Crippen LogP contribution in [0.25, 0.3) is 16.8 Å². The third kappa shape index (κ3) is 7.51. The minimum Gasteiger partial charge on any atom is -0.475 e. The number of fused-ring (bicyclic) bond motifs is 1. The normalized spacial score (nSPS) is 16.0. The number of carboxylic acids is 1. The lowest BCUT2D eigenvalue weighted by Gasteiger charge is -2.39. The molecule has 1 aliphatic rings. The van der Waals surface area contributed by atoms with Gasteiger partial charge in [0.25, 0.3) is 11.7 Å². The first-order valence-electron chi connectivity index (χ1n) is 13.9. The maximum atomic E-state index is 12.6. The summed E-state index contributed by atoms with van der Waals surface area (Å²) in [5.74, 6) is -2.64. The first kappa shape index (κ1) is 32.4. The molecular formula is C29H35F3N8O4. The third-order valence-electron chi connectivity index (χ3n) is 7.12. The molecule has 236 valence electrons. The van der Waals surface area contributed by atoms with Gasteiger partial charge >= 0.3 is 12.1 Å². The first-order chi connectivity index (χ1) is 20.5. The molecule has 1 aliphatic heterocycles. The number of hydrogen-bond acceptors (Lipinski definition) is 9. The van der Waals surface area contributed by atoms with Crippen LogP contribution in [0.5, 0.6) is 0 Å². The summed E-state index contributed by atoms with van der Waals surface area (Å²) in [5.41, 5.74) is 5.76. The molecule has 44 heavy (non-hydrogen) atoms. The SMILES string of the molecule is Cc1cc(-c2ncnn3cc(N4CCN(C)C[C@@H]4C)cc23)ccc1CNC(=O)c1noc(C(C)(C)C)n1.O=C(O)C(F)(F)F. The Morgan fingerprint density at radius 1 is 1.16 bits per heavy atom. The van der Waals surface area contributed by atoms with Crippen molar-refractivity contribution in [2.24, 2.45) is 0 Å². The van der Waals surface area contributed by atoms with E-state index in [0.29, 0.717) is 18.5 Å². The Morgan fingerprint density at radius 3 is 2.45 bits per heavy atom. The molecule has 12 nitrogen and oxygen atoms in total. The highest BCUT2D eigenvalue weighted by molar-refractivity contribution is 5.90. The van der Waals surface area contributed by atoms with Gasteiger partial charge in [0.05, 0.1) is 23.1 Å². The number of likely N-dealkylation sites (N-methyl/N-ethyl adjacent to an activating group) is 1. The van der Waals surface area contributed by atoms with Gasteiger partial charge in [-0.05, 0) is 44.2 Å². The highest BCUT2D eigenvalue weighted by atomic mass is 19.4. The van der Waals surface area contributed by atoms with E-state index in [4.69, 9.17) is 14.4 Å². The van der Waals surface area contributed by atoms with E-state index in [0.717, 1.165) is 53.2 Å². The van der Waals surface area contributed by atoms with E-state index in [1.54, 1.807) is 6.33 Å². The van der Waals surface area contributed by atoms with Crippen molar-refractivity contribution in [2.75, 3.05) is 31.6 Å². The zero-order valence-electron chi connectivity index (χ0n) is 25.3. The lowest BCUT2D eigenvalue weighted by atomic mass is 9.97. The lowest BCUT2D eigenvalue weighted by Crippen LogP contribution is -2.50. The fraction of sp³-hybridized carbons (Fsp3) is 0.448. The predicted octanol–water partition coefficient (Wildman–Crippen LogP) is 4.09. The molecule has 1 fully saturated rings. The number of aliphatic carboxylic acids is 1. The van der Waals surface area contributed by atoms with Crippen LogP contribution in [0.2, 0.25) is 0 Å². The average molecular weight is 617 g/mol. The number of anilines is 1. The quantitative estimate of drug-likeness (QED) is 0.337. The number of hydrogen-bond donors (Lipinski definition) is 2. The number of alkyl halides is 3. The van der Waals surface area contributed by atoms with Crippen molar-refractivity contribution in [1.29, 1.82) is 0 Å². The molecule has 1 saturated heterocycles. The van der Waals surface area contributed by atoms with Gasteiger partial charge in [-0.2, -0.15) is 23.3 Å². The molecule has 5 rings (SSSR count). The molecule has 0 unspecified atom stereocenters. The summed E-state index contributed by atoms with van der Waals surface area (Å²) < 4.78 is 38.9. The molecule has 2 N–H and O–H groups in total. The Kier molecular flexibility index (Phi) is 9.27. The van der Waals surface area contributed by atoms with Crippen molar-refractivity contribution < 1.29 is 32.4 Å². The summed E-state index contributed by atoms with van der Waals surface area (Å²) in [4.78, 5) is 35.1. The number of nitrogens with one attached hydrogen (secondary N) is 1. The topological polar surface area (TPSA) is 142 Å². The fourth-order valence-corrected chi connectivity index (χ4v) is 4.74. The minimum atomic E-state index is -5.08. The predicted molar refractivity (Wildman–Crippen MR) is 155 cm³/mol. The van der Waals surface area contributed by atoms with Crippen molar-refractivity contribution in [2.45, 2.75) is 58.8 Å². The molecule has 0 aliphatic carbocycles. The van der Waals surface area contributed by atoms with Gasteiger partial charge < -0.3 is 24.7 Å². The standard InChI is InChI=1S/C27H34N8O2.C2HF3O2/c1-17-11-19(7-8-20(17)13-28-25(36)24-31-26(37-32-24)27(3,4)5)23-22-12-21(15-35(22)30-16-29-23)34-10-9-33(6)14-18(34)2;3-2(4,5)1(6)7/h7-8,11-12,15-16,18H,9-10,13-14H2,1-6H3,(H,28,36);(H,6,7)/t18-;/m0./s1. The Hall–Kier alpha value is -4.53. The Labute approximate surface area is 251 Å². The summed E-state index contributed by atoms with van der Waals surface area (Å²) in [6.45, 7) is 13.6. The summed E-state index contributed by atoms with van der Waals surface area (Å²) in [7, 11) is 2.17. The maximum Gasteiger partial charge on any atom is 0.490 e. The zero-order valence-corrected chi connectivity index (χ0v) is 25.3. The van der Waals surface area contributed by atoms with E-state index in [1.807, 2.05) is 44.3 Å². The molecular weight excluding hydrogens is 581 g/mol. The van der Waals surface area contributed by atoms with Crippen LogP contribution in [0.3, 0.4) is 0 Å². The van der Waals surface area contributed by atoms with E-state index in [-0.39, 0.29) is 17.1 Å². The molecule has 1 amide bonds. The number of benzene rings is 1. The van der Waals surface area contributed by atoms with Crippen LogP contribution in [0.1, 0.15) is 55.3 Å². The Bertz CT molecular complexity index is 1640. The second kappa shape index (κ2) is 12.6. The molecule has 15 heteroatoms. The van der Waals surface area contributed by atoms with Crippen molar-refractivity contribution in [3.63, 3.8) is 0 Å². The van der Waals surface area contributed by atoms with Crippen LogP contribution >= 0.6 is 0 Å². The summed E-state index contributed by atoms with van der Waals surface area (Å²) >= 11 is 0. The molecule has 0 spiro atoms. The van der Waals surface area contributed by atoms with Crippen molar-refractivity contribution >= 4 is 23.1 Å². The highest BCUT2D eigenvalue weighted by Crippen LogP contribution is 2.29. The Balaban J connectivity index is 0.000000566. The second-order valence-corrected chi connectivity index (χ2v) is 11.7. The van der Waals surface area contributed by atoms with Crippen LogP contribution in [-0.2, 0) is 16.8 Å². The number of carbonyl (C=O) groups is 2. The smallest absolute Gasteiger partial charge is 0.475 e. The van der Waals surface area contributed by atoms with E-state index in [1.165, 1.54) is 0 Å². The van der Waals surface area contributed by atoms with E-state index < -0.39 is 12.1 Å². The van der Waals surface area contributed by atoms with Crippen molar-refractivity contribution in [3.05, 3.63) is 59.6 Å². The van der Waals surface area contributed by atoms with Gasteiger partial charge in [0.2, 0.25) is 5.89 Å². The molecule has 1 atom stereocenters. The number of rotatable bonds is 5. The fourth-order valence-electron chi connectivity index (χ4n) is 4.74. The van der Waals surface area contributed by atoms with E-state index in [9.17, 15) is 18.0 Å². The number of piperazine rings is 1. The van der Waals surface area contributed by atoms with Crippen LogP contribution in [0.4, 0.5) is 18.9 Å². The Morgan fingerprint density at radius 2 is 1.86 bits per heavy atom. The van der Waals surface area contributed by atoms with Gasteiger partial charge in [-0.3, -0.25) is 4.79 Å². The van der Waals surface area contributed by atoms with Crippen molar-refractivity contribution in [1.82, 2.24) is 35.0 Å². The number of halogens is 3. The van der Waals surface area contributed by atoms with Gasteiger partial charge in [-0.1, -0.05) is 38.1 Å². The number of carbonyl (C=O) groups excluding carboxylic acids is 1. The molecule has 0 saturated carbocycles. The van der Waals surface area contributed by atoms with Crippen LogP contribution in [-0.4, -0.2) is 85.5 Å². The summed E-state index contributed by atoms with van der Waals surface area (Å²) in [6.07, 6.45) is -1.40. The number of nitrogens with zero attached hydrogens (tertiary/aromatic N) is 7. The number of carboxylic acid groups (broad SMARTS) is 1. The van der Waals surface area contributed by atoms with Gasteiger partial charge in [0.15, 0.2) is 0 Å². The summed E-state index contributed by atoms with van der Waals surface area (Å²) in [5, 5.41) is 18.3. The zero-order chi connectivity index (χ0) is 32.4. The molecule has 4 aromatic rings. The largest absolute Gasteiger partial charge is 0.490 e. The van der Waals surface area contributed by atoms with Crippen LogP contribution < -0.4 is 10.2 Å². The third-order valence-corrected chi connectivity index (χ3v) is 7.12. The average Bonchev–Trinajstić information content (AvgIpc) is 3.60. The van der Waals surface area contributed by atoms with E-state index in [2.05, 4.69) is 67.6 Å². The molecule has 1 aromatic carbocycles. The molecule has 0 radical (unpaired) electrons. The molecule has 3 aromatic heterocycles. The van der Waals surface area contributed by atoms with Gasteiger partial charge in [-0.15, -0.1) is 0 Å². The second-order valence-electron chi connectivity index (χ2n) is 11.7. The number of amides is 1. The minimum absolute atomic E-state index is 0.0429. The monoisotopic (exact) mass is 616 g/mol. The number of aryl methyl sites for hydroxylation is 1.